The van der Waals surface area contributed by atoms with E-state index in [-0.39, 0.29) is 5.75 Å². The molecule has 2 heterocycles. The van der Waals surface area contributed by atoms with Crippen molar-refractivity contribution in [2.45, 2.75) is 11.8 Å². The maximum Gasteiger partial charge on any atom is 0.327 e. The number of nitrogens with zero attached hydrogens (tertiary/aromatic N) is 1. The van der Waals surface area contributed by atoms with E-state index in [1.807, 2.05) is 18.2 Å². The molecule has 1 amide bonds. The lowest BCUT2D eigenvalue weighted by Gasteiger charge is -2.14. The van der Waals surface area contributed by atoms with E-state index in [0.717, 1.165) is 49.8 Å². The summed E-state index contributed by atoms with van der Waals surface area (Å²) in [4.78, 5) is 27.9. The van der Waals surface area contributed by atoms with Gasteiger partial charge in [-0.1, -0.05) is 84.9 Å². The Labute approximate surface area is 241 Å². The fourth-order valence-electron chi connectivity index (χ4n) is 4.82. The third-order valence-corrected chi connectivity index (χ3v) is 8.07. The lowest BCUT2D eigenvalue weighted by molar-refractivity contribution is -0.138. The number of hydrogen-bond acceptors (Lipinski definition) is 5. The van der Waals surface area contributed by atoms with E-state index in [9.17, 15) is 14.7 Å². The molecule has 7 heteroatoms. The summed E-state index contributed by atoms with van der Waals surface area (Å²) in [5.74, 6) is -0.628. The minimum absolute atomic E-state index is 0.253. The van der Waals surface area contributed by atoms with Crippen molar-refractivity contribution in [3.63, 3.8) is 0 Å². The predicted octanol–water partition coefficient (Wildman–Crippen LogP) is 7.43. The number of aromatic nitrogens is 1. The number of pyridine rings is 1. The van der Waals surface area contributed by atoms with Gasteiger partial charge in [0.2, 0.25) is 0 Å². The number of amides is 1. The van der Waals surface area contributed by atoms with Crippen LogP contribution >= 0.6 is 11.8 Å². The van der Waals surface area contributed by atoms with Gasteiger partial charge in [0.25, 0.3) is 5.91 Å². The summed E-state index contributed by atoms with van der Waals surface area (Å²) in [5, 5.41) is 14.4. The van der Waals surface area contributed by atoms with Gasteiger partial charge in [-0.15, -0.1) is 0 Å². The molecule has 0 radical (unpaired) electrons. The molecule has 0 saturated carbocycles. The molecule has 0 bridgehead atoms. The Balaban J connectivity index is 1.10. The zero-order valence-corrected chi connectivity index (χ0v) is 22.8. The standard InChI is InChI=1S/C34H26N2O4S/c37-33(26-5-4-18-35-19-26)36-30(34(38)39)21-41-20-22-10-12-23(13-11-22)24-14-16-25(17-15-24)27-7-3-8-29-28-6-1-2-9-31(28)40-32(27)29/h1-19,30H,20-21H2,(H,36,37)(H,38,39)/t30-/m0/s1. The first-order chi connectivity index (χ1) is 20.1. The molecule has 0 spiro atoms. The fourth-order valence-corrected chi connectivity index (χ4v) is 5.83. The van der Waals surface area contributed by atoms with E-state index < -0.39 is 17.9 Å². The van der Waals surface area contributed by atoms with Crippen LogP contribution < -0.4 is 5.32 Å². The molecule has 4 aromatic carbocycles. The number of para-hydroxylation sites is 2. The van der Waals surface area contributed by atoms with E-state index in [4.69, 9.17) is 4.42 Å². The molecule has 1 atom stereocenters. The number of fused-ring (bicyclic) bond motifs is 3. The fraction of sp³-hybridized carbons (Fsp3) is 0.0882. The quantitative estimate of drug-likeness (QED) is 0.192. The van der Waals surface area contributed by atoms with Crippen molar-refractivity contribution in [2.75, 3.05) is 5.75 Å². The third-order valence-electron chi connectivity index (χ3n) is 6.97. The summed E-state index contributed by atoms with van der Waals surface area (Å²) < 4.78 is 6.21. The molecule has 0 unspecified atom stereocenters. The number of furan rings is 1. The van der Waals surface area contributed by atoms with Crippen LogP contribution in [0.5, 0.6) is 0 Å². The predicted molar refractivity (Wildman–Crippen MR) is 164 cm³/mol. The number of carboxylic acids is 1. The Morgan fingerprint density at radius 2 is 1.51 bits per heavy atom. The molecule has 0 saturated heterocycles. The second-order valence-corrected chi connectivity index (χ2v) is 10.7. The molecule has 0 aliphatic heterocycles. The molecule has 6 rings (SSSR count). The van der Waals surface area contributed by atoms with Crippen LogP contribution in [0.3, 0.4) is 0 Å². The Kier molecular flexibility index (Phi) is 7.52. The summed E-state index contributed by atoms with van der Waals surface area (Å²) in [5.41, 5.74) is 7.55. The number of hydrogen-bond donors (Lipinski definition) is 2. The average molecular weight is 559 g/mol. The lowest BCUT2D eigenvalue weighted by atomic mass is 9.98. The molecule has 202 valence electrons. The summed E-state index contributed by atoms with van der Waals surface area (Å²) in [6.07, 6.45) is 2.98. The number of thioether (sulfide) groups is 1. The molecule has 0 fully saturated rings. The van der Waals surface area contributed by atoms with Crippen molar-refractivity contribution < 1.29 is 19.1 Å². The summed E-state index contributed by atoms with van der Waals surface area (Å²) in [6.45, 7) is 0. The smallest absolute Gasteiger partial charge is 0.327 e. The molecule has 41 heavy (non-hydrogen) atoms. The summed E-state index contributed by atoms with van der Waals surface area (Å²) >= 11 is 1.46. The van der Waals surface area contributed by atoms with Gasteiger partial charge in [-0.2, -0.15) is 11.8 Å². The van der Waals surface area contributed by atoms with Crippen LogP contribution in [0.15, 0.2) is 120 Å². The molecular formula is C34H26N2O4S. The van der Waals surface area contributed by atoms with Gasteiger partial charge in [-0.25, -0.2) is 4.79 Å². The van der Waals surface area contributed by atoms with Crippen molar-refractivity contribution in [1.29, 1.82) is 0 Å². The van der Waals surface area contributed by atoms with Crippen molar-refractivity contribution in [3.05, 3.63) is 127 Å². The highest BCUT2D eigenvalue weighted by Crippen LogP contribution is 2.36. The maximum absolute atomic E-state index is 12.3. The number of benzene rings is 4. The summed E-state index contributed by atoms with van der Waals surface area (Å²) in [6, 6.07) is 33.3. The van der Waals surface area contributed by atoms with Gasteiger partial charge < -0.3 is 14.8 Å². The van der Waals surface area contributed by atoms with E-state index in [1.165, 1.54) is 18.0 Å². The number of aliphatic carboxylic acids is 1. The Bertz CT molecular complexity index is 1830. The Hall–Kier alpha value is -4.88. The van der Waals surface area contributed by atoms with Gasteiger partial charge >= 0.3 is 5.97 Å². The molecular weight excluding hydrogens is 532 g/mol. The van der Waals surface area contributed by atoms with Crippen molar-refractivity contribution in [1.82, 2.24) is 10.3 Å². The van der Waals surface area contributed by atoms with Crippen LogP contribution in [-0.2, 0) is 10.5 Å². The van der Waals surface area contributed by atoms with Crippen LogP contribution in [0, 0.1) is 0 Å². The first kappa shape index (κ1) is 26.3. The highest BCUT2D eigenvalue weighted by atomic mass is 32.2. The van der Waals surface area contributed by atoms with Gasteiger partial charge in [0.15, 0.2) is 0 Å². The normalized spacial score (nSPS) is 11.9. The van der Waals surface area contributed by atoms with Crippen LogP contribution in [0.25, 0.3) is 44.2 Å². The number of rotatable bonds is 9. The highest BCUT2D eigenvalue weighted by molar-refractivity contribution is 7.98. The van der Waals surface area contributed by atoms with E-state index in [1.54, 1.807) is 18.3 Å². The van der Waals surface area contributed by atoms with Crippen LogP contribution in [0.1, 0.15) is 15.9 Å². The van der Waals surface area contributed by atoms with Crippen molar-refractivity contribution >= 4 is 45.6 Å². The van der Waals surface area contributed by atoms with Gasteiger partial charge in [-0.3, -0.25) is 9.78 Å². The van der Waals surface area contributed by atoms with Crippen LogP contribution in [-0.4, -0.2) is 33.8 Å². The van der Waals surface area contributed by atoms with Gasteiger partial charge in [0, 0.05) is 40.2 Å². The Morgan fingerprint density at radius 3 is 2.24 bits per heavy atom. The van der Waals surface area contributed by atoms with Gasteiger partial charge in [-0.05, 0) is 40.5 Å². The van der Waals surface area contributed by atoms with Gasteiger partial charge in [0.1, 0.15) is 17.2 Å². The zero-order valence-electron chi connectivity index (χ0n) is 22.0. The number of carbonyl (C=O) groups is 2. The molecule has 0 aliphatic rings. The average Bonchev–Trinajstić information content (AvgIpc) is 3.40. The highest BCUT2D eigenvalue weighted by Gasteiger charge is 2.21. The minimum Gasteiger partial charge on any atom is -0.480 e. The lowest BCUT2D eigenvalue weighted by Crippen LogP contribution is -2.42. The third kappa shape index (κ3) is 5.71. The molecule has 2 aromatic heterocycles. The monoisotopic (exact) mass is 558 g/mol. The SMILES string of the molecule is O=C(N[C@@H](CSCc1ccc(-c2ccc(-c3cccc4c3oc3ccccc34)cc2)cc1)C(=O)O)c1cccnc1. The molecule has 6 nitrogen and oxygen atoms in total. The van der Waals surface area contributed by atoms with E-state index in [2.05, 4.69) is 83.1 Å². The second-order valence-electron chi connectivity index (χ2n) is 9.68. The van der Waals surface area contributed by atoms with Gasteiger partial charge in [0.05, 0.1) is 5.56 Å². The molecule has 0 aliphatic carbocycles. The first-order valence-corrected chi connectivity index (χ1v) is 14.3. The first-order valence-electron chi connectivity index (χ1n) is 13.2. The van der Waals surface area contributed by atoms with Crippen LogP contribution in [0.4, 0.5) is 0 Å². The second kappa shape index (κ2) is 11.7. The summed E-state index contributed by atoms with van der Waals surface area (Å²) in [7, 11) is 0. The minimum atomic E-state index is -1.06. The van der Waals surface area contributed by atoms with Crippen molar-refractivity contribution in [3.8, 4) is 22.3 Å². The maximum atomic E-state index is 12.3. The topological polar surface area (TPSA) is 92.4 Å². The number of nitrogens with one attached hydrogen (secondary N) is 1. The largest absolute Gasteiger partial charge is 0.480 e. The zero-order chi connectivity index (χ0) is 28.2. The van der Waals surface area contributed by atoms with E-state index in [0.29, 0.717) is 11.3 Å². The number of carboxylic acid groups (broad SMARTS) is 1. The van der Waals surface area contributed by atoms with E-state index >= 15 is 0 Å². The van der Waals surface area contributed by atoms with Crippen molar-refractivity contribution in [2.24, 2.45) is 0 Å². The molecule has 6 aromatic rings. The Morgan fingerprint density at radius 1 is 0.805 bits per heavy atom. The molecule has 2 N–H and O–H groups in total. The van der Waals surface area contributed by atoms with Crippen LogP contribution in [0.2, 0.25) is 0 Å². The number of carbonyl (C=O) groups excluding carboxylic acids is 1.